The largest absolute Gasteiger partial charge is 0.265 e. The van der Waals surface area contributed by atoms with Crippen molar-refractivity contribution in [1.82, 2.24) is 0 Å². The smallest absolute Gasteiger partial charge is 0.139 e. The molecule has 0 amide bonds. The number of rotatable bonds is 4. The zero-order valence-corrected chi connectivity index (χ0v) is 11.7. The lowest BCUT2D eigenvalue weighted by molar-refractivity contribution is 0.582. The summed E-state index contributed by atoms with van der Waals surface area (Å²) >= 11 is 0. The molecule has 0 aliphatic rings. The molecule has 0 saturated heterocycles. The first-order valence-electron chi connectivity index (χ1n) is 7.19. The van der Waals surface area contributed by atoms with Crippen LogP contribution in [0.25, 0.3) is 0 Å². The molecule has 2 aromatic carbocycles. The van der Waals surface area contributed by atoms with Gasteiger partial charge in [0.15, 0.2) is 0 Å². The first kappa shape index (κ1) is 12.6. The van der Waals surface area contributed by atoms with Crippen LogP contribution in [0.2, 0.25) is 0 Å². The first-order valence-corrected chi connectivity index (χ1v) is 6.69. The molecule has 1 unspecified atom stereocenters. The molecule has 2 rings (SSSR count). The van der Waals surface area contributed by atoms with Gasteiger partial charge < -0.3 is 0 Å². The van der Waals surface area contributed by atoms with Crippen molar-refractivity contribution in [2.45, 2.75) is 19.9 Å². The number of hydrogen-bond donors (Lipinski definition) is 0. The molecule has 0 N–H and O–H groups in total. The molecule has 2 nitrogen and oxygen atoms in total. The Hall–Kier alpha value is -2.40. The van der Waals surface area contributed by atoms with Crippen molar-refractivity contribution in [2.75, 3.05) is 0 Å². The van der Waals surface area contributed by atoms with Crippen LogP contribution in [0.1, 0.15) is 26.3 Å². The van der Waals surface area contributed by atoms with Gasteiger partial charge in [0.2, 0.25) is 0 Å². The topological polar surface area (TPSA) is 36.1 Å². The van der Waals surface area contributed by atoms with Crippen molar-refractivity contribution >= 4 is 5.71 Å². The van der Waals surface area contributed by atoms with Crippen molar-refractivity contribution in [3.63, 3.8) is 0 Å². The van der Waals surface area contributed by atoms with Gasteiger partial charge in [0, 0.05) is 11.1 Å². The van der Waals surface area contributed by atoms with Crippen LogP contribution in [0.3, 0.4) is 0 Å². The van der Waals surface area contributed by atoms with E-state index in [9.17, 15) is 5.26 Å². The molecule has 0 fully saturated rings. The minimum absolute atomic E-state index is 0.190. The van der Waals surface area contributed by atoms with Crippen molar-refractivity contribution in [2.24, 2.45) is 10.9 Å². The second-order valence-electron chi connectivity index (χ2n) is 4.84. The molecule has 0 aliphatic carbocycles. The maximum atomic E-state index is 9.35. The van der Waals surface area contributed by atoms with E-state index in [2.05, 4.69) is 4.99 Å². The van der Waals surface area contributed by atoms with Gasteiger partial charge in [0.05, 0.1) is 13.2 Å². The average molecular weight is 264 g/mol. The van der Waals surface area contributed by atoms with E-state index in [0.717, 1.165) is 11.1 Å². The summed E-state index contributed by atoms with van der Waals surface area (Å²) in [6, 6.07) is 19.9. The lowest BCUT2D eigenvalue weighted by Gasteiger charge is -2.13. The standard InChI is InChI=1S/C18H18N2/c1-14(2)17(13-19)20-18(15-9-5-3-6-10-15)16-11-7-4-8-12-16/h3-12,14,17H,1-2H3/i14+1,17D. The minimum atomic E-state index is -1.49. The van der Waals surface area contributed by atoms with E-state index in [-0.39, 0.29) is 5.92 Å². The third kappa shape index (κ3) is 3.33. The van der Waals surface area contributed by atoms with E-state index in [1.54, 1.807) is 0 Å². The van der Waals surface area contributed by atoms with E-state index in [4.69, 9.17) is 1.37 Å². The van der Waals surface area contributed by atoms with Gasteiger partial charge in [-0.15, -0.1) is 0 Å². The number of nitriles is 1. The normalized spacial score (nSPS) is 14.0. The molecule has 1 atom stereocenters. The van der Waals surface area contributed by atoms with E-state index in [0.29, 0.717) is 5.71 Å². The van der Waals surface area contributed by atoms with Crippen molar-refractivity contribution in [3.05, 3.63) is 71.8 Å². The van der Waals surface area contributed by atoms with Gasteiger partial charge in [-0.2, -0.15) is 5.26 Å². The Morgan fingerprint density at radius 1 is 1.00 bits per heavy atom. The number of aliphatic imine (C=N–C) groups is 1. The van der Waals surface area contributed by atoms with Crippen molar-refractivity contribution < 1.29 is 1.37 Å². The van der Waals surface area contributed by atoms with Gasteiger partial charge in [0.1, 0.15) is 6.02 Å². The number of hydrogen-bond acceptors (Lipinski definition) is 2. The highest BCUT2D eigenvalue weighted by atomic mass is 14.9. The minimum Gasteiger partial charge on any atom is -0.265 e. The Labute approximate surface area is 121 Å². The van der Waals surface area contributed by atoms with Crippen molar-refractivity contribution in [3.8, 4) is 6.07 Å². The Kier molecular flexibility index (Phi) is 4.21. The molecule has 0 heterocycles. The third-order valence-electron chi connectivity index (χ3n) is 2.99. The third-order valence-corrected chi connectivity index (χ3v) is 2.99. The Bertz CT molecular complexity index is 615. The fraction of sp³-hybridized carbons (Fsp3) is 0.222. The molecule has 2 heteroatoms. The Balaban J connectivity index is 2.61. The summed E-state index contributed by atoms with van der Waals surface area (Å²) in [5, 5.41) is 9.35. The van der Waals surface area contributed by atoms with Crippen molar-refractivity contribution in [1.29, 1.82) is 5.26 Å². The summed E-state index contributed by atoms with van der Waals surface area (Å²) in [6.45, 7) is 3.68. The monoisotopic (exact) mass is 264 g/mol. The highest BCUT2D eigenvalue weighted by Gasteiger charge is 2.14. The summed E-state index contributed by atoms with van der Waals surface area (Å²) in [6.07, 6.45) is 0. The van der Waals surface area contributed by atoms with Crippen LogP contribution < -0.4 is 0 Å². The molecule has 0 radical (unpaired) electrons. The van der Waals surface area contributed by atoms with Crippen LogP contribution in [-0.2, 0) is 0 Å². The van der Waals surface area contributed by atoms with E-state index in [1.165, 1.54) is 0 Å². The molecule has 20 heavy (non-hydrogen) atoms. The number of benzene rings is 2. The highest BCUT2D eigenvalue weighted by Crippen LogP contribution is 2.14. The maximum Gasteiger partial charge on any atom is 0.139 e. The molecular formula is C18H18N2. The molecular weight excluding hydrogens is 245 g/mol. The molecule has 0 spiro atoms. The molecule has 2 aromatic rings. The lowest BCUT2D eigenvalue weighted by Crippen LogP contribution is -2.15. The molecule has 0 aliphatic heterocycles. The summed E-state index contributed by atoms with van der Waals surface area (Å²) in [7, 11) is 0. The van der Waals surface area contributed by atoms with Gasteiger partial charge in [-0.25, -0.2) is 0 Å². The van der Waals surface area contributed by atoms with Crippen LogP contribution in [0, 0.1) is 17.2 Å². The fourth-order valence-electron chi connectivity index (χ4n) is 1.89. The zero-order chi connectivity index (χ0) is 15.3. The van der Waals surface area contributed by atoms with Crippen LogP contribution >= 0.6 is 0 Å². The van der Waals surface area contributed by atoms with Gasteiger partial charge in [-0.05, 0) is 5.92 Å². The van der Waals surface area contributed by atoms with Gasteiger partial charge in [0.25, 0.3) is 0 Å². The Morgan fingerprint density at radius 2 is 1.45 bits per heavy atom. The van der Waals surface area contributed by atoms with Crippen LogP contribution in [0.4, 0.5) is 0 Å². The summed E-state index contributed by atoms with van der Waals surface area (Å²) < 4.78 is 8.30. The first-order chi connectivity index (χ1) is 10.1. The van der Waals surface area contributed by atoms with E-state index < -0.39 is 6.02 Å². The zero-order valence-electron chi connectivity index (χ0n) is 12.7. The predicted molar refractivity (Wildman–Crippen MR) is 82.8 cm³/mol. The van der Waals surface area contributed by atoms with Gasteiger partial charge >= 0.3 is 0 Å². The second-order valence-corrected chi connectivity index (χ2v) is 4.84. The van der Waals surface area contributed by atoms with Gasteiger partial charge in [-0.3, -0.25) is 4.99 Å². The number of nitrogens with zero attached hydrogens (tertiary/aromatic N) is 2. The van der Waals surface area contributed by atoms with E-state index in [1.807, 2.05) is 80.6 Å². The van der Waals surface area contributed by atoms with Crippen LogP contribution in [-0.4, -0.2) is 11.7 Å². The predicted octanol–water partition coefficient (Wildman–Crippen LogP) is 4.07. The summed E-state index contributed by atoms with van der Waals surface area (Å²) in [5.74, 6) is -0.190. The molecule has 0 saturated carbocycles. The molecule has 0 aromatic heterocycles. The average Bonchev–Trinajstić information content (AvgIpc) is 2.54. The second kappa shape index (κ2) is 6.68. The van der Waals surface area contributed by atoms with E-state index >= 15 is 0 Å². The lowest BCUT2D eigenvalue weighted by atomic mass is 10.0. The fourth-order valence-corrected chi connectivity index (χ4v) is 1.89. The molecule has 100 valence electrons. The summed E-state index contributed by atoms with van der Waals surface area (Å²) in [4.78, 5) is 4.49. The SMILES string of the molecule is [2H]C(C#N)(N=C(c1ccccc1)c1ccccc1)[13CH](C)C. The highest BCUT2D eigenvalue weighted by molar-refractivity contribution is 6.13. The maximum absolute atomic E-state index is 9.35. The van der Waals surface area contributed by atoms with Crippen LogP contribution in [0.5, 0.6) is 0 Å². The molecule has 0 bridgehead atoms. The Morgan fingerprint density at radius 3 is 1.80 bits per heavy atom. The summed E-state index contributed by atoms with van der Waals surface area (Å²) in [5.41, 5.74) is 2.51. The van der Waals surface area contributed by atoms with Gasteiger partial charge in [-0.1, -0.05) is 74.5 Å². The van der Waals surface area contributed by atoms with Crippen LogP contribution in [0.15, 0.2) is 65.7 Å². The quantitative estimate of drug-likeness (QED) is 0.605.